The normalized spacial score (nSPS) is 10.9. The van der Waals surface area contributed by atoms with E-state index in [-0.39, 0.29) is 0 Å². The van der Waals surface area contributed by atoms with Gasteiger partial charge in [-0.2, -0.15) is 0 Å². The lowest BCUT2D eigenvalue weighted by Gasteiger charge is -2.10. The zero-order valence-electron chi connectivity index (χ0n) is 13.7. The number of benzene rings is 2. The third-order valence-electron chi connectivity index (χ3n) is 3.98. The van der Waals surface area contributed by atoms with E-state index < -0.39 is 0 Å². The Balaban J connectivity index is 1.94. The Morgan fingerprint density at radius 3 is 2.30 bits per heavy atom. The molecule has 0 aliphatic rings. The summed E-state index contributed by atoms with van der Waals surface area (Å²) in [6.45, 7) is 4.61. The van der Waals surface area contributed by atoms with Crippen LogP contribution in [0.3, 0.4) is 0 Å². The minimum Gasteiger partial charge on any atom is -0.325 e. The monoisotopic (exact) mass is 306 g/mol. The second-order valence-electron chi connectivity index (χ2n) is 5.93. The van der Waals surface area contributed by atoms with Gasteiger partial charge in [0.05, 0.1) is 17.1 Å². The quantitative estimate of drug-likeness (QED) is 0.788. The highest BCUT2D eigenvalue weighted by molar-refractivity contribution is 5.40. The van der Waals surface area contributed by atoms with Crippen LogP contribution in [0.4, 0.5) is 0 Å². The van der Waals surface area contributed by atoms with Crippen molar-refractivity contribution in [2.24, 2.45) is 5.73 Å². The topological polar surface area (TPSA) is 56.7 Å². The molecule has 0 fully saturated rings. The Hall–Kier alpha value is -2.46. The second-order valence-corrected chi connectivity index (χ2v) is 5.93. The molecule has 0 spiro atoms. The molecule has 0 radical (unpaired) electrons. The lowest BCUT2D eigenvalue weighted by Crippen LogP contribution is -2.08. The highest BCUT2D eigenvalue weighted by Gasteiger charge is 2.13. The molecule has 4 nitrogen and oxygen atoms in total. The highest BCUT2D eigenvalue weighted by atomic mass is 15.4. The van der Waals surface area contributed by atoms with Crippen LogP contribution in [0.5, 0.6) is 0 Å². The van der Waals surface area contributed by atoms with Gasteiger partial charge in [-0.25, -0.2) is 4.68 Å². The molecule has 1 heterocycles. The SMILES string of the molecule is Cc1cc(C)cc(-n2nnc(CN)c2CCc2ccccc2)c1. The van der Waals surface area contributed by atoms with Crippen LogP contribution in [0.1, 0.15) is 28.1 Å². The van der Waals surface area contributed by atoms with Gasteiger partial charge in [-0.1, -0.05) is 41.6 Å². The number of hydrogen-bond acceptors (Lipinski definition) is 3. The van der Waals surface area contributed by atoms with Crippen LogP contribution in [-0.4, -0.2) is 15.0 Å². The standard InChI is InChI=1S/C19H22N4/c1-14-10-15(2)12-17(11-14)23-19(18(13-20)21-22-23)9-8-16-6-4-3-5-7-16/h3-7,10-12H,8-9,13,20H2,1-2H3. The third-order valence-corrected chi connectivity index (χ3v) is 3.98. The molecule has 0 amide bonds. The van der Waals surface area contributed by atoms with Crippen molar-refractivity contribution in [2.45, 2.75) is 33.2 Å². The molecular weight excluding hydrogens is 284 g/mol. The predicted octanol–water partition coefficient (Wildman–Crippen LogP) is 3.13. The minimum absolute atomic E-state index is 0.412. The molecule has 0 aliphatic carbocycles. The highest BCUT2D eigenvalue weighted by Crippen LogP contribution is 2.18. The molecule has 23 heavy (non-hydrogen) atoms. The number of nitrogens with two attached hydrogens (primary N) is 1. The Kier molecular flexibility index (Phi) is 4.53. The largest absolute Gasteiger partial charge is 0.325 e. The van der Waals surface area contributed by atoms with Gasteiger partial charge in [0.1, 0.15) is 0 Å². The molecule has 1 aromatic heterocycles. The molecule has 0 saturated heterocycles. The summed E-state index contributed by atoms with van der Waals surface area (Å²) in [5.41, 5.74) is 12.6. The van der Waals surface area contributed by atoms with Gasteiger partial charge >= 0.3 is 0 Å². The first kappa shape index (κ1) is 15.4. The van der Waals surface area contributed by atoms with Gasteiger partial charge < -0.3 is 5.73 Å². The van der Waals surface area contributed by atoms with E-state index in [4.69, 9.17) is 5.73 Å². The van der Waals surface area contributed by atoms with Crippen LogP contribution in [0, 0.1) is 13.8 Å². The molecule has 2 aromatic carbocycles. The van der Waals surface area contributed by atoms with Crippen LogP contribution in [0.2, 0.25) is 0 Å². The van der Waals surface area contributed by atoms with E-state index in [1.165, 1.54) is 16.7 Å². The molecule has 3 rings (SSSR count). The minimum atomic E-state index is 0.412. The molecule has 0 bridgehead atoms. The number of aromatic nitrogens is 3. The average Bonchev–Trinajstić information content (AvgIpc) is 2.96. The van der Waals surface area contributed by atoms with E-state index in [2.05, 4.69) is 66.6 Å². The summed E-state index contributed by atoms with van der Waals surface area (Å²) < 4.78 is 1.94. The van der Waals surface area contributed by atoms with Gasteiger partial charge in [0.15, 0.2) is 0 Å². The van der Waals surface area contributed by atoms with Crippen LogP contribution in [0.25, 0.3) is 5.69 Å². The summed E-state index contributed by atoms with van der Waals surface area (Å²) in [6.07, 6.45) is 1.82. The maximum absolute atomic E-state index is 5.85. The van der Waals surface area contributed by atoms with Crippen LogP contribution in [-0.2, 0) is 19.4 Å². The number of hydrogen-bond donors (Lipinski definition) is 1. The van der Waals surface area contributed by atoms with Crippen molar-refractivity contribution in [3.05, 3.63) is 76.6 Å². The van der Waals surface area contributed by atoms with Gasteiger partial charge in [0.2, 0.25) is 0 Å². The number of rotatable bonds is 5. The molecule has 0 atom stereocenters. The molecule has 3 aromatic rings. The summed E-state index contributed by atoms with van der Waals surface area (Å²) in [6, 6.07) is 16.9. The van der Waals surface area contributed by atoms with E-state index in [0.717, 1.165) is 29.9 Å². The Morgan fingerprint density at radius 2 is 1.65 bits per heavy atom. The summed E-state index contributed by atoms with van der Waals surface area (Å²) in [5.74, 6) is 0. The first-order valence-electron chi connectivity index (χ1n) is 7.93. The number of aryl methyl sites for hydroxylation is 3. The van der Waals surface area contributed by atoms with Gasteiger partial charge in [0, 0.05) is 6.54 Å². The van der Waals surface area contributed by atoms with E-state index >= 15 is 0 Å². The Labute approximate surface area is 137 Å². The zero-order chi connectivity index (χ0) is 16.2. The summed E-state index contributed by atoms with van der Waals surface area (Å²) in [4.78, 5) is 0. The van der Waals surface area contributed by atoms with Crippen LogP contribution < -0.4 is 5.73 Å². The molecule has 0 unspecified atom stereocenters. The van der Waals surface area contributed by atoms with Crippen molar-refractivity contribution in [1.29, 1.82) is 0 Å². The van der Waals surface area contributed by atoms with Gasteiger partial charge in [-0.3, -0.25) is 0 Å². The lowest BCUT2D eigenvalue weighted by atomic mass is 10.1. The van der Waals surface area contributed by atoms with Gasteiger partial charge in [-0.05, 0) is 55.5 Å². The fourth-order valence-corrected chi connectivity index (χ4v) is 2.93. The maximum Gasteiger partial charge on any atom is 0.0999 e. The molecule has 0 saturated carbocycles. The fraction of sp³-hybridized carbons (Fsp3) is 0.263. The van der Waals surface area contributed by atoms with E-state index in [1.807, 2.05) is 10.7 Å². The van der Waals surface area contributed by atoms with E-state index in [0.29, 0.717) is 6.54 Å². The van der Waals surface area contributed by atoms with Crippen LogP contribution >= 0.6 is 0 Å². The zero-order valence-corrected chi connectivity index (χ0v) is 13.7. The third kappa shape index (κ3) is 3.48. The number of nitrogens with zero attached hydrogens (tertiary/aromatic N) is 3. The molecule has 118 valence electrons. The van der Waals surface area contributed by atoms with Crippen molar-refractivity contribution in [1.82, 2.24) is 15.0 Å². The summed E-state index contributed by atoms with van der Waals surface area (Å²) in [7, 11) is 0. The second kappa shape index (κ2) is 6.75. The van der Waals surface area contributed by atoms with Gasteiger partial charge in [-0.15, -0.1) is 5.10 Å². The maximum atomic E-state index is 5.85. The molecule has 2 N–H and O–H groups in total. The molecule has 0 aliphatic heterocycles. The van der Waals surface area contributed by atoms with Crippen molar-refractivity contribution in [3.8, 4) is 5.69 Å². The lowest BCUT2D eigenvalue weighted by molar-refractivity contribution is 0.750. The van der Waals surface area contributed by atoms with Crippen molar-refractivity contribution in [3.63, 3.8) is 0 Å². The first-order chi connectivity index (χ1) is 11.2. The van der Waals surface area contributed by atoms with Gasteiger partial charge in [0.25, 0.3) is 0 Å². The van der Waals surface area contributed by atoms with Crippen molar-refractivity contribution in [2.75, 3.05) is 0 Å². The summed E-state index contributed by atoms with van der Waals surface area (Å²) >= 11 is 0. The smallest absolute Gasteiger partial charge is 0.0999 e. The van der Waals surface area contributed by atoms with Crippen molar-refractivity contribution < 1.29 is 0 Å². The van der Waals surface area contributed by atoms with Crippen LogP contribution in [0.15, 0.2) is 48.5 Å². The van der Waals surface area contributed by atoms with Crippen molar-refractivity contribution >= 4 is 0 Å². The molecular formula is C19H22N4. The fourth-order valence-electron chi connectivity index (χ4n) is 2.93. The predicted molar refractivity (Wildman–Crippen MR) is 92.6 cm³/mol. The summed E-state index contributed by atoms with van der Waals surface area (Å²) in [5, 5.41) is 8.61. The Bertz CT molecular complexity index is 770. The van der Waals surface area contributed by atoms with E-state index in [9.17, 15) is 0 Å². The molecule has 4 heteroatoms. The first-order valence-corrected chi connectivity index (χ1v) is 7.93. The van der Waals surface area contributed by atoms with E-state index in [1.54, 1.807) is 0 Å². The Morgan fingerprint density at radius 1 is 0.957 bits per heavy atom. The average molecular weight is 306 g/mol.